The van der Waals surface area contributed by atoms with E-state index in [1.807, 2.05) is 6.07 Å². The van der Waals surface area contributed by atoms with Gasteiger partial charge < -0.3 is 10.1 Å². The van der Waals surface area contributed by atoms with E-state index in [1.165, 1.54) is 12.5 Å². The van der Waals surface area contributed by atoms with Crippen LogP contribution in [0.5, 0.6) is 5.75 Å². The average molecular weight is 306 g/mol. The summed E-state index contributed by atoms with van der Waals surface area (Å²) in [4.78, 5) is 13.3. The molecule has 0 aromatic heterocycles. The normalized spacial score (nSPS) is 12.2. The molecule has 1 aromatic rings. The van der Waals surface area contributed by atoms with Gasteiger partial charge in [0.15, 0.2) is 0 Å². The molecule has 0 heterocycles. The maximum absolute atomic E-state index is 10.8. The highest BCUT2D eigenvalue weighted by Gasteiger charge is 2.16. The summed E-state index contributed by atoms with van der Waals surface area (Å²) < 4.78 is 5.80. The molecule has 0 radical (unpaired) electrons. The molecule has 0 saturated heterocycles. The van der Waals surface area contributed by atoms with Crippen LogP contribution in [0.3, 0.4) is 0 Å². The Labute approximate surface area is 134 Å². The summed E-state index contributed by atoms with van der Waals surface area (Å²) in [6.07, 6.45) is 1.91. The summed E-state index contributed by atoms with van der Waals surface area (Å²) in [5, 5.41) is 2.78. The van der Waals surface area contributed by atoms with Gasteiger partial charge in [0.05, 0.1) is 6.61 Å². The van der Waals surface area contributed by atoms with Crippen LogP contribution in [0.25, 0.3) is 0 Å². The Morgan fingerprint density at radius 1 is 1.27 bits per heavy atom. The highest BCUT2D eigenvalue weighted by molar-refractivity contribution is 5.72. The molecule has 1 aromatic carbocycles. The maximum Gasteiger partial charge on any atom is 0.216 e. The average Bonchev–Trinajstić information content (AvgIpc) is 2.52. The van der Waals surface area contributed by atoms with Gasteiger partial charge in [-0.1, -0.05) is 32.9 Å². The van der Waals surface area contributed by atoms with Gasteiger partial charge in [-0.2, -0.15) is 0 Å². The van der Waals surface area contributed by atoms with Crippen LogP contribution in [0.1, 0.15) is 52.1 Å². The molecule has 0 aliphatic heterocycles. The summed E-state index contributed by atoms with van der Waals surface area (Å²) in [5.41, 5.74) is 1.31. The monoisotopic (exact) mass is 306 g/mol. The molecular formula is C18H30N2O2. The van der Waals surface area contributed by atoms with Crippen molar-refractivity contribution in [2.45, 2.75) is 46.6 Å². The van der Waals surface area contributed by atoms with Crippen LogP contribution in [0, 0.1) is 0 Å². The Morgan fingerprint density at radius 3 is 2.59 bits per heavy atom. The Bertz CT molecular complexity index is 444. The standard InChI is InChI=1S/C18H30N2O2/c1-5-18(20(6-2)7-3)16-10-8-11-17(14-16)22-13-9-12-19-15(4)21/h8,10-11,14,18H,5-7,9,12-13H2,1-4H3,(H,19,21). The van der Waals surface area contributed by atoms with Crippen molar-refractivity contribution in [2.75, 3.05) is 26.2 Å². The van der Waals surface area contributed by atoms with E-state index in [0.717, 1.165) is 31.7 Å². The summed E-state index contributed by atoms with van der Waals surface area (Å²) in [7, 11) is 0. The lowest BCUT2D eigenvalue weighted by Gasteiger charge is -2.29. The predicted octanol–water partition coefficient (Wildman–Crippen LogP) is 3.38. The summed E-state index contributed by atoms with van der Waals surface area (Å²) in [6.45, 7) is 11.5. The molecular weight excluding hydrogens is 276 g/mol. The maximum atomic E-state index is 10.8. The predicted molar refractivity (Wildman–Crippen MR) is 91.2 cm³/mol. The van der Waals surface area contributed by atoms with E-state index in [9.17, 15) is 4.79 Å². The van der Waals surface area contributed by atoms with Crippen LogP contribution >= 0.6 is 0 Å². The molecule has 4 nitrogen and oxygen atoms in total. The van der Waals surface area contributed by atoms with Crippen molar-refractivity contribution in [3.63, 3.8) is 0 Å². The first-order chi connectivity index (χ1) is 10.6. The van der Waals surface area contributed by atoms with E-state index in [0.29, 0.717) is 19.2 Å². The topological polar surface area (TPSA) is 41.6 Å². The van der Waals surface area contributed by atoms with Crippen molar-refractivity contribution < 1.29 is 9.53 Å². The summed E-state index contributed by atoms with van der Waals surface area (Å²) in [6, 6.07) is 8.82. The van der Waals surface area contributed by atoms with Crippen LogP contribution in [0.15, 0.2) is 24.3 Å². The molecule has 124 valence electrons. The van der Waals surface area contributed by atoms with E-state index < -0.39 is 0 Å². The van der Waals surface area contributed by atoms with Crippen LogP contribution in [-0.4, -0.2) is 37.0 Å². The Morgan fingerprint density at radius 2 is 2.00 bits per heavy atom. The van der Waals surface area contributed by atoms with Gasteiger partial charge in [0, 0.05) is 19.5 Å². The number of nitrogens with zero attached hydrogens (tertiary/aromatic N) is 1. The number of amides is 1. The summed E-state index contributed by atoms with van der Waals surface area (Å²) >= 11 is 0. The van der Waals surface area contributed by atoms with Crippen molar-refractivity contribution in [3.05, 3.63) is 29.8 Å². The number of hydrogen-bond donors (Lipinski definition) is 1. The largest absolute Gasteiger partial charge is 0.494 e. The Hall–Kier alpha value is -1.55. The quantitative estimate of drug-likeness (QED) is 0.674. The van der Waals surface area contributed by atoms with E-state index in [4.69, 9.17) is 4.74 Å². The fourth-order valence-corrected chi connectivity index (χ4v) is 2.71. The van der Waals surface area contributed by atoms with E-state index in [2.05, 4.69) is 49.2 Å². The van der Waals surface area contributed by atoms with Gasteiger partial charge in [-0.05, 0) is 43.6 Å². The number of ether oxygens (including phenoxy) is 1. The molecule has 0 aliphatic rings. The SMILES string of the molecule is CCC(c1cccc(OCCCNC(C)=O)c1)N(CC)CC. The van der Waals surface area contributed by atoms with Gasteiger partial charge in [0.2, 0.25) is 5.91 Å². The molecule has 22 heavy (non-hydrogen) atoms. The molecule has 0 aliphatic carbocycles. The minimum absolute atomic E-state index is 0.00649. The molecule has 1 atom stereocenters. The van der Waals surface area contributed by atoms with Crippen LogP contribution in [0.4, 0.5) is 0 Å². The lowest BCUT2D eigenvalue weighted by atomic mass is 10.0. The van der Waals surface area contributed by atoms with Gasteiger partial charge in [-0.25, -0.2) is 0 Å². The Kier molecular flexibility index (Phi) is 8.60. The number of rotatable bonds is 10. The van der Waals surface area contributed by atoms with E-state index in [-0.39, 0.29) is 5.91 Å². The fraction of sp³-hybridized carbons (Fsp3) is 0.611. The minimum atomic E-state index is 0.00649. The fourth-order valence-electron chi connectivity index (χ4n) is 2.71. The molecule has 1 amide bonds. The van der Waals surface area contributed by atoms with Crippen LogP contribution in [0.2, 0.25) is 0 Å². The smallest absolute Gasteiger partial charge is 0.216 e. The van der Waals surface area contributed by atoms with Crippen molar-refractivity contribution in [1.29, 1.82) is 0 Å². The van der Waals surface area contributed by atoms with E-state index >= 15 is 0 Å². The number of carbonyl (C=O) groups excluding carboxylic acids is 1. The van der Waals surface area contributed by atoms with Crippen molar-refractivity contribution >= 4 is 5.91 Å². The number of nitrogens with one attached hydrogen (secondary N) is 1. The molecule has 0 fully saturated rings. The number of hydrogen-bond acceptors (Lipinski definition) is 3. The number of carbonyl (C=O) groups is 1. The first-order valence-corrected chi connectivity index (χ1v) is 8.33. The molecule has 0 saturated carbocycles. The molecule has 1 unspecified atom stereocenters. The molecule has 1 N–H and O–H groups in total. The molecule has 1 rings (SSSR count). The van der Waals surface area contributed by atoms with Crippen molar-refractivity contribution in [1.82, 2.24) is 10.2 Å². The summed E-state index contributed by atoms with van der Waals surface area (Å²) in [5.74, 6) is 0.915. The highest BCUT2D eigenvalue weighted by Crippen LogP contribution is 2.26. The molecule has 0 spiro atoms. The third-order valence-electron chi connectivity index (χ3n) is 3.85. The third-order valence-corrected chi connectivity index (χ3v) is 3.85. The van der Waals surface area contributed by atoms with E-state index in [1.54, 1.807) is 0 Å². The molecule has 0 bridgehead atoms. The second kappa shape index (κ2) is 10.2. The van der Waals surface area contributed by atoms with Crippen LogP contribution < -0.4 is 10.1 Å². The van der Waals surface area contributed by atoms with Gasteiger partial charge >= 0.3 is 0 Å². The van der Waals surface area contributed by atoms with Gasteiger partial charge in [0.25, 0.3) is 0 Å². The first kappa shape index (κ1) is 18.5. The first-order valence-electron chi connectivity index (χ1n) is 8.33. The zero-order chi connectivity index (χ0) is 16.4. The zero-order valence-electron chi connectivity index (χ0n) is 14.4. The second-order valence-electron chi connectivity index (χ2n) is 5.40. The van der Waals surface area contributed by atoms with Gasteiger partial charge in [-0.3, -0.25) is 9.69 Å². The van der Waals surface area contributed by atoms with Crippen molar-refractivity contribution in [2.24, 2.45) is 0 Å². The van der Waals surface area contributed by atoms with Crippen molar-refractivity contribution in [3.8, 4) is 5.75 Å². The molecule has 4 heteroatoms. The Balaban J connectivity index is 2.58. The lowest BCUT2D eigenvalue weighted by molar-refractivity contribution is -0.118. The third kappa shape index (κ3) is 6.06. The zero-order valence-corrected chi connectivity index (χ0v) is 14.4. The number of benzene rings is 1. The second-order valence-corrected chi connectivity index (χ2v) is 5.40. The minimum Gasteiger partial charge on any atom is -0.494 e. The lowest BCUT2D eigenvalue weighted by Crippen LogP contribution is -2.28. The van der Waals surface area contributed by atoms with Crippen LogP contribution in [-0.2, 0) is 4.79 Å². The highest BCUT2D eigenvalue weighted by atomic mass is 16.5. The van der Waals surface area contributed by atoms with Gasteiger partial charge in [-0.15, -0.1) is 0 Å². The van der Waals surface area contributed by atoms with Gasteiger partial charge in [0.1, 0.15) is 5.75 Å².